The lowest BCUT2D eigenvalue weighted by atomic mass is 9.90. The Morgan fingerprint density at radius 2 is 1.86 bits per heavy atom. The van der Waals surface area contributed by atoms with Crippen molar-refractivity contribution in [2.24, 2.45) is 0 Å². The van der Waals surface area contributed by atoms with E-state index in [1.165, 1.54) is 30.7 Å². The summed E-state index contributed by atoms with van der Waals surface area (Å²) in [5.41, 5.74) is 0.0320. The van der Waals surface area contributed by atoms with Crippen LogP contribution in [0.5, 0.6) is 0 Å². The fraction of sp³-hybridized carbons (Fsp3) is 0.533. The number of carbonyl (C=O) groups is 1. The number of nitro groups is 1. The summed E-state index contributed by atoms with van der Waals surface area (Å²) in [6.07, 6.45) is 5.09. The van der Waals surface area contributed by atoms with Gasteiger partial charge in [0.1, 0.15) is 5.72 Å². The maximum absolute atomic E-state index is 12.7. The van der Waals surface area contributed by atoms with Crippen LogP contribution in [0.2, 0.25) is 0 Å². The lowest BCUT2D eigenvalue weighted by molar-refractivity contribution is -0.384. The maximum Gasteiger partial charge on any atom is 0.269 e. The minimum atomic E-state index is -0.462. The molecule has 0 atom stereocenters. The van der Waals surface area contributed by atoms with Gasteiger partial charge in [-0.25, -0.2) is 0 Å². The zero-order valence-electron chi connectivity index (χ0n) is 11.8. The summed E-state index contributed by atoms with van der Waals surface area (Å²) in [4.78, 5) is 24.7. The molecule has 0 N–H and O–H groups in total. The number of nitrogens with zero attached hydrogens (tertiary/aromatic N) is 2. The number of hydrogen-bond acceptors (Lipinski definition) is 4. The molecule has 0 aromatic heterocycles. The van der Waals surface area contributed by atoms with Crippen LogP contribution in [0.15, 0.2) is 24.3 Å². The second kappa shape index (κ2) is 5.44. The van der Waals surface area contributed by atoms with Crippen molar-refractivity contribution in [3.05, 3.63) is 39.9 Å². The Balaban J connectivity index is 1.82. The molecule has 1 aromatic rings. The summed E-state index contributed by atoms with van der Waals surface area (Å²) in [6.45, 7) is 1.16. The smallest absolute Gasteiger partial charge is 0.269 e. The molecule has 6 heteroatoms. The number of ether oxygens (including phenoxy) is 1. The molecule has 1 spiro atoms. The van der Waals surface area contributed by atoms with Gasteiger partial charge in [0, 0.05) is 24.2 Å². The number of carbonyl (C=O) groups excluding carboxylic acids is 1. The minimum absolute atomic E-state index is 0.00315. The predicted octanol–water partition coefficient (Wildman–Crippen LogP) is 2.73. The van der Waals surface area contributed by atoms with Gasteiger partial charge in [-0.1, -0.05) is 6.42 Å². The first kappa shape index (κ1) is 14.0. The van der Waals surface area contributed by atoms with Crippen LogP contribution < -0.4 is 0 Å². The molecule has 3 rings (SSSR count). The second-order valence-corrected chi connectivity index (χ2v) is 5.62. The van der Waals surface area contributed by atoms with Gasteiger partial charge in [0.25, 0.3) is 11.6 Å². The number of non-ortho nitro benzene ring substituents is 1. The highest BCUT2D eigenvalue weighted by molar-refractivity contribution is 5.95. The Kier molecular flexibility index (Phi) is 3.63. The Morgan fingerprint density at radius 3 is 2.48 bits per heavy atom. The van der Waals surface area contributed by atoms with E-state index in [0.29, 0.717) is 18.7 Å². The molecular formula is C15H18N2O4. The molecule has 112 valence electrons. The van der Waals surface area contributed by atoms with E-state index in [2.05, 4.69) is 0 Å². The summed E-state index contributed by atoms with van der Waals surface area (Å²) in [6, 6.07) is 5.79. The average molecular weight is 290 g/mol. The van der Waals surface area contributed by atoms with Crippen molar-refractivity contribution in [1.29, 1.82) is 0 Å². The molecular weight excluding hydrogens is 272 g/mol. The van der Waals surface area contributed by atoms with Gasteiger partial charge in [-0.05, 0) is 37.8 Å². The van der Waals surface area contributed by atoms with E-state index in [1.807, 2.05) is 4.90 Å². The zero-order valence-corrected chi connectivity index (χ0v) is 11.8. The van der Waals surface area contributed by atoms with Gasteiger partial charge < -0.3 is 9.64 Å². The van der Waals surface area contributed by atoms with Crippen LogP contribution in [0.25, 0.3) is 0 Å². The number of amides is 1. The third-order valence-corrected chi connectivity index (χ3v) is 4.38. The third kappa shape index (κ3) is 2.51. The Hall–Kier alpha value is -1.95. The molecule has 2 fully saturated rings. The standard InChI is InChI=1S/C15H18N2O4/c18-14(12-4-6-13(7-5-12)17(19)20)16-10-11-21-15(16)8-2-1-3-9-15/h4-7H,1-3,8-11H2. The van der Waals surface area contributed by atoms with Crippen LogP contribution in [0.3, 0.4) is 0 Å². The minimum Gasteiger partial charge on any atom is -0.354 e. The summed E-state index contributed by atoms with van der Waals surface area (Å²) in [5.74, 6) is -0.0932. The van der Waals surface area contributed by atoms with Crippen LogP contribution in [0.4, 0.5) is 5.69 Å². The molecule has 1 aliphatic carbocycles. The molecule has 0 radical (unpaired) electrons. The SMILES string of the molecule is O=C(c1ccc([N+](=O)[O-])cc1)N1CCOC12CCCCC2. The molecule has 1 saturated carbocycles. The predicted molar refractivity (Wildman–Crippen MR) is 75.9 cm³/mol. The number of hydrogen-bond donors (Lipinski definition) is 0. The quantitative estimate of drug-likeness (QED) is 0.620. The van der Waals surface area contributed by atoms with Gasteiger partial charge in [-0.2, -0.15) is 0 Å². The largest absolute Gasteiger partial charge is 0.354 e. The van der Waals surface area contributed by atoms with E-state index in [-0.39, 0.29) is 11.6 Å². The van der Waals surface area contributed by atoms with Gasteiger partial charge in [-0.15, -0.1) is 0 Å². The number of benzene rings is 1. The second-order valence-electron chi connectivity index (χ2n) is 5.62. The van der Waals surface area contributed by atoms with Gasteiger partial charge in [0.2, 0.25) is 0 Å². The Bertz CT molecular complexity index is 549. The van der Waals surface area contributed by atoms with Crippen LogP contribution in [-0.2, 0) is 4.74 Å². The first-order valence-electron chi connectivity index (χ1n) is 7.33. The molecule has 21 heavy (non-hydrogen) atoms. The van der Waals surface area contributed by atoms with Crippen molar-refractivity contribution >= 4 is 11.6 Å². The highest BCUT2D eigenvalue weighted by atomic mass is 16.6. The van der Waals surface area contributed by atoms with Crippen LogP contribution in [-0.4, -0.2) is 34.6 Å². The highest BCUT2D eigenvalue weighted by Crippen LogP contribution is 2.38. The van der Waals surface area contributed by atoms with Gasteiger partial charge in [0.05, 0.1) is 11.5 Å². The monoisotopic (exact) mass is 290 g/mol. The number of rotatable bonds is 2. The van der Waals surface area contributed by atoms with Gasteiger partial charge >= 0.3 is 0 Å². The molecule has 1 aliphatic heterocycles. The summed E-state index contributed by atoms with van der Waals surface area (Å²) < 4.78 is 5.90. The average Bonchev–Trinajstić information content (AvgIpc) is 2.90. The normalized spacial score (nSPS) is 20.7. The fourth-order valence-corrected chi connectivity index (χ4v) is 3.30. The Morgan fingerprint density at radius 1 is 1.19 bits per heavy atom. The van der Waals surface area contributed by atoms with Crippen LogP contribution in [0.1, 0.15) is 42.5 Å². The van der Waals surface area contributed by atoms with E-state index in [9.17, 15) is 14.9 Å². The molecule has 0 bridgehead atoms. The van der Waals surface area contributed by atoms with Crippen molar-refractivity contribution < 1.29 is 14.5 Å². The molecule has 2 aliphatic rings. The molecule has 1 saturated heterocycles. The first-order chi connectivity index (χ1) is 10.1. The molecule has 1 aromatic carbocycles. The zero-order chi connectivity index (χ0) is 14.9. The number of nitro benzene ring substituents is 1. The highest BCUT2D eigenvalue weighted by Gasteiger charge is 2.45. The van der Waals surface area contributed by atoms with E-state index in [1.54, 1.807) is 0 Å². The van der Waals surface area contributed by atoms with Crippen molar-refractivity contribution in [2.45, 2.75) is 37.8 Å². The van der Waals surface area contributed by atoms with Crippen LogP contribution in [0, 0.1) is 10.1 Å². The lowest BCUT2D eigenvalue weighted by Crippen LogP contribution is -2.49. The summed E-state index contributed by atoms with van der Waals surface area (Å²) in [5, 5.41) is 10.7. The van der Waals surface area contributed by atoms with Crippen LogP contribution >= 0.6 is 0 Å². The fourth-order valence-electron chi connectivity index (χ4n) is 3.30. The van der Waals surface area contributed by atoms with Crippen molar-refractivity contribution in [3.63, 3.8) is 0 Å². The van der Waals surface area contributed by atoms with Gasteiger partial charge in [-0.3, -0.25) is 14.9 Å². The lowest BCUT2D eigenvalue weighted by Gasteiger charge is -2.40. The van der Waals surface area contributed by atoms with Crippen molar-refractivity contribution in [2.75, 3.05) is 13.2 Å². The molecule has 1 heterocycles. The molecule has 1 amide bonds. The molecule has 6 nitrogen and oxygen atoms in total. The summed E-state index contributed by atoms with van der Waals surface area (Å²) in [7, 11) is 0. The van der Waals surface area contributed by atoms with E-state index in [0.717, 1.165) is 25.7 Å². The van der Waals surface area contributed by atoms with Crippen molar-refractivity contribution in [1.82, 2.24) is 4.90 Å². The van der Waals surface area contributed by atoms with Gasteiger partial charge in [0.15, 0.2) is 0 Å². The van der Waals surface area contributed by atoms with E-state index >= 15 is 0 Å². The van der Waals surface area contributed by atoms with Crippen molar-refractivity contribution in [3.8, 4) is 0 Å². The van der Waals surface area contributed by atoms with E-state index < -0.39 is 10.6 Å². The third-order valence-electron chi connectivity index (χ3n) is 4.38. The maximum atomic E-state index is 12.7. The molecule has 0 unspecified atom stereocenters. The van der Waals surface area contributed by atoms with E-state index in [4.69, 9.17) is 4.74 Å². The Labute approximate surface area is 122 Å². The first-order valence-corrected chi connectivity index (χ1v) is 7.33. The summed E-state index contributed by atoms with van der Waals surface area (Å²) >= 11 is 0. The topological polar surface area (TPSA) is 72.7 Å².